The van der Waals surface area contributed by atoms with Gasteiger partial charge in [0.15, 0.2) is 5.78 Å². The number of carbonyl (C=O) groups excluding carboxylic acids is 2. The summed E-state index contributed by atoms with van der Waals surface area (Å²) >= 11 is 7.22. The standard InChI is InChI=1S/C27H19NO2S4/c1-14-3-7-22(31-14)19-12-25(34-26(19)24-8-4-15(2)32-24)23-10-9-21(33-23)16-5-6-17-18(11-16)20(29)13-28-27(17)30/h3-12H,13H2,1-2H3,(H,28,30). The lowest BCUT2D eigenvalue weighted by Gasteiger charge is -2.15. The average Bonchev–Trinajstić information content (AvgIpc) is 3.62. The zero-order valence-corrected chi connectivity index (χ0v) is 21.7. The highest BCUT2D eigenvalue weighted by atomic mass is 32.1. The molecule has 0 aliphatic carbocycles. The van der Waals surface area contributed by atoms with Gasteiger partial charge < -0.3 is 5.32 Å². The number of fused-ring (bicyclic) bond motifs is 1. The molecule has 5 aromatic rings. The van der Waals surface area contributed by atoms with Crippen molar-refractivity contribution >= 4 is 57.0 Å². The van der Waals surface area contributed by atoms with Gasteiger partial charge in [-0.25, -0.2) is 0 Å². The molecule has 1 aliphatic heterocycles. The number of amides is 1. The van der Waals surface area contributed by atoms with Crippen LogP contribution in [0.25, 0.3) is 40.4 Å². The first-order chi connectivity index (χ1) is 16.5. The maximum absolute atomic E-state index is 12.3. The first kappa shape index (κ1) is 21.7. The number of Topliss-reactive ketones (excluding diaryl/α,β-unsaturated/α-hetero) is 1. The largest absolute Gasteiger partial charge is 0.345 e. The molecule has 0 fully saturated rings. The summed E-state index contributed by atoms with van der Waals surface area (Å²) in [5, 5.41) is 2.63. The van der Waals surface area contributed by atoms with E-state index in [1.54, 1.807) is 17.4 Å². The van der Waals surface area contributed by atoms with Gasteiger partial charge in [0, 0.05) is 45.3 Å². The number of hydrogen-bond donors (Lipinski definition) is 1. The van der Waals surface area contributed by atoms with E-state index in [0.717, 1.165) is 10.4 Å². The quantitative estimate of drug-likeness (QED) is 0.261. The third-order valence-corrected chi connectivity index (χ3v) is 10.5. The molecule has 1 aliphatic rings. The fourth-order valence-electron chi connectivity index (χ4n) is 4.12. The maximum atomic E-state index is 12.3. The summed E-state index contributed by atoms with van der Waals surface area (Å²) in [6.45, 7) is 4.36. The van der Waals surface area contributed by atoms with Crippen LogP contribution in [0.15, 0.2) is 60.7 Å². The first-order valence-electron chi connectivity index (χ1n) is 10.8. The average molecular weight is 518 g/mol. The Balaban J connectivity index is 1.41. The molecule has 5 heterocycles. The van der Waals surface area contributed by atoms with Crippen LogP contribution in [0.2, 0.25) is 0 Å². The Bertz CT molecular complexity index is 1520. The van der Waals surface area contributed by atoms with Gasteiger partial charge >= 0.3 is 0 Å². The van der Waals surface area contributed by atoms with Gasteiger partial charge in [-0.1, -0.05) is 6.07 Å². The van der Waals surface area contributed by atoms with E-state index in [0.29, 0.717) is 11.1 Å². The SMILES string of the molecule is Cc1ccc(-c2cc(-c3ccc(-c4ccc5c(c4)C(=O)CNC5=O)s3)sc2-c2ccc(C)s2)s1. The molecule has 6 rings (SSSR count). The normalized spacial score (nSPS) is 13.2. The minimum atomic E-state index is -0.181. The van der Waals surface area contributed by atoms with Crippen molar-refractivity contribution < 1.29 is 9.59 Å². The molecule has 1 aromatic carbocycles. The maximum Gasteiger partial charge on any atom is 0.252 e. The van der Waals surface area contributed by atoms with Crippen molar-refractivity contribution in [1.29, 1.82) is 0 Å². The lowest BCUT2D eigenvalue weighted by atomic mass is 9.96. The van der Waals surface area contributed by atoms with E-state index in [2.05, 4.69) is 61.6 Å². The van der Waals surface area contributed by atoms with Crippen LogP contribution in [-0.2, 0) is 0 Å². The van der Waals surface area contributed by atoms with Crippen molar-refractivity contribution in [3.63, 3.8) is 0 Å². The molecule has 0 radical (unpaired) electrons. The van der Waals surface area contributed by atoms with Crippen molar-refractivity contribution in [1.82, 2.24) is 5.32 Å². The highest BCUT2D eigenvalue weighted by molar-refractivity contribution is 7.28. The first-order valence-corrected chi connectivity index (χ1v) is 14.1. The summed E-state index contributed by atoms with van der Waals surface area (Å²) in [4.78, 5) is 34.5. The van der Waals surface area contributed by atoms with Crippen LogP contribution < -0.4 is 5.32 Å². The third-order valence-electron chi connectivity index (χ3n) is 5.81. The monoisotopic (exact) mass is 517 g/mol. The third kappa shape index (κ3) is 3.79. The van der Waals surface area contributed by atoms with Gasteiger partial charge in [0.25, 0.3) is 5.91 Å². The summed E-state index contributed by atoms with van der Waals surface area (Å²) < 4.78 is 0. The smallest absolute Gasteiger partial charge is 0.252 e. The van der Waals surface area contributed by atoms with Crippen molar-refractivity contribution in [3.8, 4) is 40.4 Å². The van der Waals surface area contributed by atoms with E-state index in [-0.39, 0.29) is 18.2 Å². The molecule has 7 heteroatoms. The summed E-state index contributed by atoms with van der Waals surface area (Å²) in [5.74, 6) is -0.224. The highest BCUT2D eigenvalue weighted by Gasteiger charge is 2.24. The number of nitrogens with one attached hydrogen (secondary N) is 1. The van der Waals surface area contributed by atoms with Gasteiger partial charge in [-0.2, -0.15) is 0 Å². The zero-order chi connectivity index (χ0) is 23.4. The van der Waals surface area contributed by atoms with Crippen molar-refractivity contribution in [2.75, 3.05) is 6.54 Å². The van der Waals surface area contributed by atoms with Crippen LogP contribution >= 0.6 is 45.3 Å². The molecule has 4 aromatic heterocycles. The predicted octanol–water partition coefficient (Wildman–Crippen LogP) is 8.14. The molecule has 1 N–H and O–H groups in total. The van der Waals surface area contributed by atoms with Gasteiger partial charge in [0.05, 0.1) is 17.0 Å². The second kappa shape index (κ2) is 8.43. The van der Waals surface area contributed by atoms with E-state index < -0.39 is 0 Å². The number of benzene rings is 1. The van der Waals surface area contributed by atoms with Crippen LogP contribution in [0.1, 0.15) is 30.5 Å². The number of aryl methyl sites for hydroxylation is 2. The summed E-state index contributed by atoms with van der Waals surface area (Å²) in [6, 6.07) is 20.9. The molecule has 168 valence electrons. The van der Waals surface area contributed by atoms with Crippen molar-refractivity contribution in [2.24, 2.45) is 0 Å². The Morgan fingerprint density at radius 3 is 2.06 bits per heavy atom. The van der Waals surface area contributed by atoms with Crippen LogP contribution in [0.4, 0.5) is 0 Å². The zero-order valence-electron chi connectivity index (χ0n) is 18.4. The lowest BCUT2D eigenvalue weighted by molar-refractivity contribution is 0.0877. The van der Waals surface area contributed by atoms with E-state index in [1.807, 2.05) is 46.1 Å². The number of carbonyl (C=O) groups is 2. The number of ketones is 1. The molecule has 0 unspecified atom stereocenters. The van der Waals surface area contributed by atoms with Crippen molar-refractivity contribution in [3.05, 3.63) is 81.5 Å². The lowest BCUT2D eigenvalue weighted by Crippen LogP contribution is -2.36. The Morgan fingerprint density at radius 2 is 1.32 bits per heavy atom. The van der Waals surface area contributed by atoms with Gasteiger partial charge in [0.2, 0.25) is 0 Å². The molecule has 1 amide bonds. The Labute approximate surface area is 213 Å². The minimum Gasteiger partial charge on any atom is -0.345 e. The topological polar surface area (TPSA) is 46.2 Å². The molecule has 34 heavy (non-hydrogen) atoms. The molecule has 0 saturated heterocycles. The Kier molecular flexibility index (Phi) is 5.37. The summed E-state index contributed by atoms with van der Waals surface area (Å²) in [6.07, 6.45) is 0. The minimum absolute atomic E-state index is 0.0433. The molecule has 3 nitrogen and oxygen atoms in total. The van der Waals surface area contributed by atoms with E-state index >= 15 is 0 Å². The van der Waals surface area contributed by atoms with E-state index in [9.17, 15) is 9.59 Å². The second-order valence-corrected chi connectivity index (χ2v) is 12.9. The van der Waals surface area contributed by atoms with Crippen molar-refractivity contribution in [2.45, 2.75) is 13.8 Å². The summed E-state index contributed by atoms with van der Waals surface area (Å²) in [5.41, 5.74) is 3.23. The number of thiophene rings is 4. The number of rotatable bonds is 4. The van der Waals surface area contributed by atoms with Gasteiger partial charge in [-0.05, 0) is 74.0 Å². The van der Waals surface area contributed by atoms with Crippen LogP contribution in [-0.4, -0.2) is 18.2 Å². The van der Waals surface area contributed by atoms with Crippen LogP contribution in [0.5, 0.6) is 0 Å². The predicted molar refractivity (Wildman–Crippen MR) is 146 cm³/mol. The Hall–Kier alpha value is -2.84. The van der Waals surface area contributed by atoms with Crippen LogP contribution in [0.3, 0.4) is 0 Å². The summed E-state index contributed by atoms with van der Waals surface area (Å²) in [7, 11) is 0. The van der Waals surface area contributed by atoms with E-state index in [1.165, 1.54) is 39.7 Å². The van der Waals surface area contributed by atoms with Gasteiger partial charge in [-0.3, -0.25) is 9.59 Å². The fraction of sp³-hybridized carbons (Fsp3) is 0.111. The number of hydrogen-bond acceptors (Lipinski definition) is 6. The molecule has 0 saturated carbocycles. The highest BCUT2D eigenvalue weighted by Crippen LogP contribution is 2.48. The van der Waals surface area contributed by atoms with Gasteiger partial charge in [-0.15, -0.1) is 45.3 Å². The molecular weight excluding hydrogens is 499 g/mol. The van der Waals surface area contributed by atoms with Gasteiger partial charge in [0.1, 0.15) is 0 Å². The second-order valence-electron chi connectivity index (χ2n) is 8.20. The molecule has 0 atom stereocenters. The molecular formula is C27H19NO2S4. The Morgan fingerprint density at radius 1 is 0.618 bits per heavy atom. The molecule has 0 bridgehead atoms. The molecule has 0 spiro atoms. The van der Waals surface area contributed by atoms with E-state index in [4.69, 9.17) is 0 Å². The van der Waals surface area contributed by atoms with Crippen LogP contribution in [0, 0.1) is 13.8 Å². The fourth-order valence-corrected chi connectivity index (χ4v) is 8.32.